The molecule has 1 aliphatic heterocycles. The molecule has 0 bridgehead atoms. The first kappa shape index (κ1) is 19.5. The first-order chi connectivity index (χ1) is 10.8. The number of hydrogen-bond donors (Lipinski definition) is 2. The number of rotatable bonds is 7. The number of likely N-dealkylation sites (tertiary alicyclic amines) is 1. The van der Waals surface area contributed by atoms with Crippen molar-refractivity contribution in [1.29, 1.82) is 0 Å². The number of ether oxygens (including phenoxy) is 1. The minimum Gasteiger partial charge on any atom is -0.372 e. The Bertz CT molecular complexity index is 402. The molecule has 0 aliphatic carbocycles. The number of piperidine rings is 1. The summed E-state index contributed by atoms with van der Waals surface area (Å²) in [5.41, 5.74) is 5.24. The highest BCUT2D eigenvalue weighted by Crippen LogP contribution is 2.19. The largest absolute Gasteiger partial charge is 0.411 e. The van der Waals surface area contributed by atoms with Crippen LogP contribution in [-0.2, 0) is 9.53 Å². The number of nitrogens with one attached hydrogen (secondary N) is 1. The molecule has 1 rings (SSSR count). The molecule has 1 fully saturated rings. The number of halogens is 3. The van der Waals surface area contributed by atoms with E-state index in [9.17, 15) is 18.0 Å². The van der Waals surface area contributed by atoms with Gasteiger partial charge in [-0.1, -0.05) is 0 Å². The maximum atomic E-state index is 11.9. The summed E-state index contributed by atoms with van der Waals surface area (Å²) < 4.78 is 40.3. The molecule has 1 amide bonds. The number of guanidine groups is 1. The van der Waals surface area contributed by atoms with Gasteiger partial charge < -0.3 is 20.7 Å². The Hall–Kier alpha value is -1.51. The van der Waals surface area contributed by atoms with Gasteiger partial charge >= 0.3 is 6.18 Å². The normalized spacial score (nSPS) is 19.7. The topological polar surface area (TPSA) is 80.0 Å². The Morgan fingerprint density at radius 2 is 2.22 bits per heavy atom. The number of alkyl halides is 3. The van der Waals surface area contributed by atoms with Crippen molar-refractivity contribution in [3.63, 3.8) is 0 Å². The molecular formula is C14H25F3N4O2. The summed E-state index contributed by atoms with van der Waals surface area (Å²) in [5.74, 6) is 0.603. The van der Waals surface area contributed by atoms with Crippen LogP contribution in [0.3, 0.4) is 0 Å². The van der Waals surface area contributed by atoms with Crippen LogP contribution < -0.4 is 11.1 Å². The van der Waals surface area contributed by atoms with E-state index >= 15 is 0 Å². The molecule has 23 heavy (non-hydrogen) atoms. The fourth-order valence-corrected chi connectivity index (χ4v) is 2.60. The van der Waals surface area contributed by atoms with E-state index < -0.39 is 12.8 Å². The third kappa shape index (κ3) is 8.63. The summed E-state index contributed by atoms with van der Waals surface area (Å²) in [7, 11) is 1.65. The Morgan fingerprint density at radius 1 is 1.48 bits per heavy atom. The molecule has 1 unspecified atom stereocenters. The van der Waals surface area contributed by atoms with Gasteiger partial charge in [0.05, 0.1) is 0 Å². The van der Waals surface area contributed by atoms with Gasteiger partial charge in [0.15, 0.2) is 5.96 Å². The number of hydrogen-bond acceptors (Lipinski definition) is 3. The second kappa shape index (κ2) is 9.59. The Morgan fingerprint density at radius 3 is 2.83 bits per heavy atom. The number of nitrogens with two attached hydrogens (primary N) is 1. The van der Waals surface area contributed by atoms with E-state index in [0.717, 1.165) is 19.4 Å². The zero-order valence-electron chi connectivity index (χ0n) is 13.4. The van der Waals surface area contributed by atoms with E-state index in [-0.39, 0.29) is 18.4 Å². The fraction of sp³-hybridized carbons (Fsp3) is 0.857. The van der Waals surface area contributed by atoms with Crippen LogP contribution in [0.2, 0.25) is 0 Å². The lowest BCUT2D eigenvalue weighted by Gasteiger charge is -2.34. The zero-order chi connectivity index (χ0) is 17.3. The second-order valence-corrected chi connectivity index (χ2v) is 5.62. The molecule has 1 heterocycles. The van der Waals surface area contributed by atoms with Gasteiger partial charge in [-0.05, 0) is 25.2 Å². The van der Waals surface area contributed by atoms with Crippen molar-refractivity contribution in [2.24, 2.45) is 16.6 Å². The van der Waals surface area contributed by atoms with Crippen LogP contribution in [0.5, 0.6) is 0 Å². The van der Waals surface area contributed by atoms with Gasteiger partial charge in [-0.3, -0.25) is 9.79 Å². The van der Waals surface area contributed by atoms with E-state index in [1.165, 1.54) is 0 Å². The molecule has 0 radical (unpaired) electrons. The molecule has 0 spiro atoms. The van der Waals surface area contributed by atoms with Gasteiger partial charge in [-0.15, -0.1) is 0 Å². The molecule has 0 aromatic rings. The van der Waals surface area contributed by atoms with Gasteiger partial charge in [0, 0.05) is 39.7 Å². The van der Waals surface area contributed by atoms with Crippen molar-refractivity contribution >= 4 is 11.9 Å². The number of carbonyl (C=O) groups excluding carboxylic acids is 1. The molecule has 9 heteroatoms. The van der Waals surface area contributed by atoms with Gasteiger partial charge in [0.1, 0.15) is 6.61 Å². The molecule has 1 atom stereocenters. The summed E-state index contributed by atoms with van der Waals surface area (Å²) in [4.78, 5) is 17.2. The van der Waals surface area contributed by atoms with Crippen molar-refractivity contribution < 1.29 is 22.7 Å². The molecule has 134 valence electrons. The molecule has 1 aliphatic rings. The summed E-state index contributed by atoms with van der Waals surface area (Å²) >= 11 is 0. The number of amides is 1. The first-order valence-corrected chi connectivity index (χ1v) is 7.70. The van der Waals surface area contributed by atoms with Gasteiger partial charge in [-0.25, -0.2) is 0 Å². The van der Waals surface area contributed by atoms with Crippen molar-refractivity contribution in [3.8, 4) is 0 Å². The minimum atomic E-state index is -4.29. The number of primary amides is 1. The Balaban J connectivity index is 2.27. The van der Waals surface area contributed by atoms with Crippen molar-refractivity contribution in [2.45, 2.75) is 31.9 Å². The van der Waals surface area contributed by atoms with Crippen LogP contribution >= 0.6 is 0 Å². The molecule has 6 nitrogen and oxygen atoms in total. The molecular weight excluding hydrogens is 313 g/mol. The van der Waals surface area contributed by atoms with Crippen LogP contribution in [-0.4, -0.2) is 62.8 Å². The van der Waals surface area contributed by atoms with E-state index in [1.807, 2.05) is 4.90 Å². The second-order valence-electron chi connectivity index (χ2n) is 5.62. The number of aliphatic imine (C=N–C) groups is 1. The average molecular weight is 338 g/mol. The lowest BCUT2D eigenvalue weighted by molar-refractivity contribution is -0.173. The maximum absolute atomic E-state index is 11.9. The van der Waals surface area contributed by atoms with E-state index in [4.69, 9.17) is 5.73 Å². The summed E-state index contributed by atoms with van der Waals surface area (Å²) in [5, 5.41) is 3.11. The number of carbonyl (C=O) groups is 1. The van der Waals surface area contributed by atoms with E-state index in [1.54, 1.807) is 7.05 Å². The molecule has 1 saturated heterocycles. The molecule has 3 N–H and O–H groups in total. The highest BCUT2D eigenvalue weighted by Gasteiger charge is 2.27. The summed E-state index contributed by atoms with van der Waals surface area (Å²) in [6.45, 7) is 0.824. The highest BCUT2D eigenvalue weighted by atomic mass is 19.4. The quantitative estimate of drug-likeness (QED) is 0.414. The Kier molecular flexibility index (Phi) is 8.15. The third-order valence-electron chi connectivity index (χ3n) is 3.53. The van der Waals surface area contributed by atoms with Gasteiger partial charge in [0.2, 0.25) is 5.91 Å². The van der Waals surface area contributed by atoms with E-state index in [2.05, 4.69) is 15.0 Å². The fourth-order valence-electron chi connectivity index (χ4n) is 2.60. The van der Waals surface area contributed by atoms with Crippen LogP contribution in [0, 0.1) is 5.92 Å². The highest BCUT2D eigenvalue weighted by molar-refractivity contribution is 5.80. The SMILES string of the molecule is CN=C(NCCCOCC(F)(F)F)N1CCCC(CC(N)=O)C1. The molecule has 0 aromatic heterocycles. The zero-order valence-corrected chi connectivity index (χ0v) is 13.4. The number of nitrogens with zero attached hydrogens (tertiary/aromatic N) is 2. The minimum absolute atomic E-state index is 0.0355. The summed E-state index contributed by atoms with van der Waals surface area (Å²) in [6, 6.07) is 0. The Labute approximate surface area is 134 Å². The lowest BCUT2D eigenvalue weighted by Crippen LogP contribution is -2.47. The average Bonchev–Trinajstić information content (AvgIpc) is 2.45. The standard InChI is InChI=1S/C14H25F3N4O2/c1-19-13(20-5-3-7-23-10-14(15,16)17)21-6-2-4-11(9-21)8-12(18)22/h11H,2-10H2,1H3,(H2,18,22)(H,19,20). The smallest absolute Gasteiger partial charge is 0.372 e. The van der Waals surface area contributed by atoms with Crippen molar-refractivity contribution in [3.05, 3.63) is 0 Å². The predicted octanol–water partition coefficient (Wildman–Crippen LogP) is 1.12. The predicted molar refractivity (Wildman–Crippen MR) is 81.0 cm³/mol. The van der Waals surface area contributed by atoms with Crippen molar-refractivity contribution in [2.75, 3.05) is 39.9 Å². The van der Waals surface area contributed by atoms with Crippen LogP contribution in [0.4, 0.5) is 13.2 Å². The van der Waals surface area contributed by atoms with E-state index in [0.29, 0.717) is 31.9 Å². The third-order valence-corrected chi connectivity index (χ3v) is 3.53. The lowest BCUT2D eigenvalue weighted by atomic mass is 9.95. The molecule has 0 saturated carbocycles. The van der Waals surface area contributed by atoms with Gasteiger partial charge in [-0.2, -0.15) is 13.2 Å². The van der Waals surface area contributed by atoms with Gasteiger partial charge in [0.25, 0.3) is 0 Å². The summed E-state index contributed by atoms with van der Waals surface area (Å²) in [6.07, 6.45) is -1.56. The van der Waals surface area contributed by atoms with Crippen LogP contribution in [0.25, 0.3) is 0 Å². The molecule has 0 aromatic carbocycles. The maximum Gasteiger partial charge on any atom is 0.411 e. The van der Waals surface area contributed by atoms with Crippen LogP contribution in [0.15, 0.2) is 4.99 Å². The van der Waals surface area contributed by atoms with Crippen molar-refractivity contribution in [1.82, 2.24) is 10.2 Å². The first-order valence-electron chi connectivity index (χ1n) is 7.70. The van der Waals surface area contributed by atoms with Crippen LogP contribution in [0.1, 0.15) is 25.7 Å². The monoisotopic (exact) mass is 338 g/mol.